The first-order chi connectivity index (χ1) is 6.50. The van der Waals surface area contributed by atoms with Gasteiger partial charge in [-0.05, 0) is 25.2 Å². The molecule has 1 atom stereocenters. The van der Waals surface area contributed by atoms with Gasteiger partial charge >= 0.3 is 0 Å². The Morgan fingerprint density at radius 2 is 1.50 bits per heavy atom. The predicted octanol–water partition coefficient (Wildman–Crippen LogP) is 3.73. The van der Waals surface area contributed by atoms with E-state index in [9.17, 15) is 0 Å². The van der Waals surface area contributed by atoms with Gasteiger partial charge in [0.2, 0.25) is 0 Å². The van der Waals surface area contributed by atoms with Gasteiger partial charge in [0.15, 0.2) is 0 Å². The average Bonchev–Trinajstić information content (AvgIpc) is 2.31. The summed E-state index contributed by atoms with van der Waals surface area (Å²) in [7, 11) is 0. The van der Waals surface area contributed by atoms with Gasteiger partial charge in [0, 0.05) is 12.1 Å². The number of nitrogens with one attached hydrogen (secondary N) is 1. The second-order valence-electron chi connectivity index (χ2n) is 5.94. The van der Waals surface area contributed by atoms with Crippen LogP contribution in [-0.2, 0) is 0 Å². The molecule has 0 radical (unpaired) electrons. The number of rotatable bonds is 2. The van der Waals surface area contributed by atoms with E-state index in [2.05, 4.69) is 33.0 Å². The predicted molar refractivity (Wildman–Crippen MR) is 63.5 cm³/mol. The standard InChI is InChI=1S/C13H27N/c1-11(13(2,3)4)14-12-9-7-5-6-8-10-12/h11-12,14H,5-10H2,1-4H3. The van der Waals surface area contributed by atoms with E-state index in [0.717, 1.165) is 6.04 Å². The van der Waals surface area contributed by atoms with Gasteiger partial charge in [-0.2, -0.15) is 0 Å². The Labute approximate surface area is 89.7 Å². The highest BCUT2D eigenvalue weighted by Crippen LogP contribution is 2.23. The van der Waals surface area contributed by atoms with Crippen molar-refractivity contribution >= 4 is 0 Å². The molecule has 84 valence electrons. The van der Waals surface area contributed by atoms with Crippen LogP contribution in [-0.4, -0.2) is 12.1 Å². The van der Waals surface area contributed by atoms with Gasteiger partial charge in [-0.1, -0.05) is 46.5 Å². The molecule has 14 heavy (non-hydrogen) atoms. The van der Waals surface area contributed by atoms with Crippen LogP contribution in [0.4, 0.5) is 0 Å². The van der Waals surface area contributed by atoms with Crippen LogP contribution in [0.2, 0.25) is 0 Å². The molecule has 1 aliphatic rings. The van der Waals surface area contributed by atoms with Gasteiger partial charge in [0.25, 0.3) is 0 Å². The van der Waals surface area contributed by atoms with Crippen LogP contribution in [0, 0.1) is 5.41 Å². The fourth-order valence-electron chi connectivity index (χ4n) is 2.05. The van der Waals surface area contributed by atoms with Gasteiger partial charge in [-0.25, -0.2) is 0 Å². The SMILES string of the molecule is CC(NC1CCCCCC1)C(C)(C)C. The molecule has 1 N–H and O–H groups in total. The monoisotopic (exact) mass is 197 g/mol. The molecule has 0 aromatic heterocycles. The minimum absolute atomic E-state index is 0.395. The lowest BCUT2D eigenvalue weighted by atomic mass is 9.87. The average molecular weight is 197 g/mol. The lowest BCUT2D eigenvalue weighted by Gasteiger charge is -2.32. The third kappa shape index (κ3) is 4.00. The van der Waals surface area contributed by atoms with Crippen LogP contribution >= 0.6 is 0 Å². The van der Waals surface area contributed by atoms with Crippen molar-refractivity contribution in [2.24, 2.45) is 5.41 Å². The van der Waals surface area contributed by atoms with Crippen LogP contribution in [0.15, 0.2) is 0 Å². The lowest BCUT2D eigenvalue weighted by molar-refractivity contribution is 0.253. The van der Waals surface area contributed by atoms with E-state index in [1.165, 1.54) is 38.5 Å². The van der Waals surface area contributed by atoms with Crippen molar-refractivity contribution in [1.29, 1.82) is 0 Å². The molecular formula is C13H27N. The molecule has 0 heterocycles. The Morgan fingerprint density at radius 3 is 1.93 bits per heavy atom. The Kier molecular flexibility index (Phi) is 4.43. The van der Waals surface area contributed by atoms with Gasteiger partial charge < -0.3 is 5.32 Å². The normalized spacial score (nSPS) is 23.1. The first-order valence-corrected chi connectivity index (χ1v) is 6.26. The Morgan fingerprint density at radius 1 is 1.00 bits per heavy atom. The van der Waals surface area contributed by atoms with Crippen molar-refractivity contribution in [2.45, 2.75) is 78.3 Å². The van der Waals surface area contributed by atoms with Crippen molar-refractivity contribution < 1.29 is 0 Å². The lowest BCUT2D eigenvalue weighted by Crippen LogP contribution is -2.43. The van der Waals surface area contributed by atoms with E-state index in [-0.39, 0.29) is 0 Å². The summed E-state index contributed by atoms with van der Waals surface area (Å²) >= 11 is 0. The van der Waals surface area contributed by atoms with Crippen molar-refractivity contribution in [3.63, 3.8) is 0 Å². The molecule has 1 nitrogen and oxygen atoms in total. The molecule has 0 spiro atoms. The molecular weight excluding hydrogens is 170 g/mol. The van der Waals surface area contributed by atoms with E-state index in [4.69, 9.17) is 0 Å². The zero-order valence-electron chi connectivity index (χ0n) is 10.4. The van der Waals surface area contributed by atoms with Gasteiger partial charge in [0.05, 0.1) is 0 Å². The topological polar surface area (TPSA) is 12.0 Å². The zero-order chi connectivity index (χ0) is 10.6. The number of hydrogen-bond donors (Lipinski definition) is 1. The van der Waals surface area contributed by atoms with E-state index in [1.807, 2.05) is 0 Å². The van der Waals surface area contributed by atoms with Crippen LogP contribution in [0.3, 0.4) is 0 Å². The van der Waals surface area contributed by atoms with Crippen LogP contribution in [0.5, 0.6) is 0 Å². The van der Waals surface area contributed by atoms with E-state index in [0.29, 0.717) is 11.5 Å². The molecule has 1 aliphatic carbocycles. The van der Waals surface area contributed by atoms with E-state index >= 15 is 0 Å². The molecule has 1 saturated carbocycles. The molecule has 1 rings (SSSR count). The summed E-state index contributed by atoms with van der Waals surface area (Å²) in [5, 5.41) is 3.80. The highest BCUT2D eigenvalue weighted by Gasteiger charge is 2.22. The largest absolute Gasteiger partial charge is 0.311 e. The summed E-state index contributed by atoms with van der Waals surface area (Å²) < 4.78 is 0. The third-order valence-electron chi connectivity index (χ3n) is 3.64. The van der Waals surface area contributed by atoms with Gasteiger partial charge in [-0.3, -0.25) is 0 Å². The van der Waals surface area contributed by atoms with E-state index < -0.39 is 0 Å². The summed E-state index contributed by atoms with van der Waals surface area (Å²) in [5.74, 6) is 0. The second kappa shape index (κ2) is 5.16. The third-order valence-corrected chi connectivity index (χ3v) is 3.64. The molecule has 0 bridgehead atoms. The summed E-state index contributed by atoms with van der Waals surface area (Å²) in [6.45, 7) is 9.29. The zero-order valence-corrected chi connectivity index (χ0v) is 10.4. The van der Waals surface area contributed by atoms with Crippen molar-refractivity contribution in [3.05, 3.63) is 0 Å². The van der Waals surface area contributed by atoms with E-state index in [1.54, 1.807) is 0 Å². The maximum absolute atomic E-state index is 3.80. The molecule has 0 amide bonds. The fraction of sp³-hybridized carbons (Fsp3) is 1.00. The Balaban J connectivity index is 2.34. The summed E-state index contributed by atoms with van der Waals surface area (Å²) in [6.07, 6.45) is 8.52. The quantitative estimate of drug-likeness (QED) is 0.665. The second-order valence-corrected chi connectivity index (χ2v) is 5.94. The van der Waals surface area contributed by atoms with Crippen LogP contribution < -0.4 is 5.32 Å². The summed E-state index contributed by atoms with van der Waals surface area (Å²) in [6, 6.07) is 1.41. The Bertz CT molecular complexity index is 149. The molecule has 0 saturated heterocycles. The van der Waals surface area contributed by atoms with Crippen molar-refractivity contribution in [3.8, 4) is 0 Å². The maximum Gasteiger partial charge on any atom is 0.00898 e. The molecule has 0 aliphatic heterocycles. The fourth-order valence-corrected chi connectivity index (χ4v) is 2.05. The van der Waals surface area contributed by atoms with Crippen LogP contribution in [0.25, 0.3) is 0 Å². The molecule has 1 unspecified atom stereocenters. The molecule has 0 aromatic rings. The first kappa shape index (κ1) is 12.0. The Hall–Kier alpha value is -0.0400. The highest BCUT2D eigenvalue weighted by atomic mass is 15.0. The maximum atomic E-state index is 3.80. The van der Waals surface area contributed by atoms with Crippen molar-refractivity contribution in [2.75, 3.05) is 0 Å². The molecule has 0 aromatic carbocycles. The first-order valence-electron chi connectivity index (χ1n) is 6.26. The minimum atomic E-state index is 0.395. The van der Waals surface area contributed by atoms with Gasteiger partial charge in [-0.15, -0.1) is 0 Å². The number of hydrogen-bond acceptors (Lipinski definition) is 1. The minimum Gasteiger partial charge on any atom is -0.311 e. The van der Waals surface area contributed by atoms with Crippen molar-refractivity contribution in [1.82, 2.24) is 5.32 Å². The highest BCUT2D eigenvalue weighted by molar-refractivity contribution is 4.81. The summed E-state index contributed by atoms with van der Waals surface area (Å²) in [4.78, 5) is 0. The van der Waals surface area contributed by atoms with Gasteiger partial charge in [0.1, 0.15) is 0 Å². The molecule has 1 heteroatoms. The summed E-state index contributed by atoms with van der Waals surface area (Å²) in [5.41, 5.74) is 0.395. The smallest absolute Gasteiger partial charge is 0.00898 e. The van der Waals surface area contributed by atoms with Crippen LogP contribution in [0.1, 0.15) is 66.2 Å². The molecule has 1 fully saturated rings.